The summed E-state index contributed by atoms with van der Waals surface area (Å²) in [7, 11) is 5.38. The Morgan fingerprint density at radius 2 is 1.91 bits per heavy atom. The SMILES string of the molecule is COC(=O)C1=C(C)N(c2cccc(C(F)(F)F)c2)c2n[nH]c(=O)n2[C@@H]1c1ccc(C#N)cc1C[N+](C)(C)C1CCOCC1.O=CO. The normalized spacial score (nSPS) is 17.0. The van der Waals surface area contributed by atoms with E-state index in [-0.39, 0.29) is 35.4 Å². The Labute approximate surface area is 262 Å². The predicted octanol–water partition coefficient (Wildman–Crippen LogP) is 4.11. The van der Waals surface area contributed by atoms with E-state index in [2.05, 4.69) is 30.4 Å². The van der Waals surface area contributed by atoms with Crippen molar-refractivity contribution >= 4 is 24.1 Å². The number of aromatic amines is 1. The summed E-state index contributed by atoms with van der Waals surface area (Å²) in [6.07, 6.45) is -2.91. The molecule has 0 radical (unpaired) electrons. The lowest BCUT2D eigenvalue weighted by Crippen LogP contribution is -2.50. The van der Waals surface area contributed by atoms with Gasteiger partial charge in [0.05, 0.1) is 63.2 Å². The molecule has 0 aliphatic carbocycles. The number of nitrogens with one attached hydrogen (secondary N) is 1. The average Bonchev–Trinajstić information content (AvgIpc) is 3.41. The van der Waals surface area contributed by atoms with Gasteiger partial charge in [0, 0.05) is 29.8 Å². The molecule has 1 atom stereocenters. The van der Waals surface area contributed by atoms with E-state index in [4.69, 9.17) is 19.4 Å². The highest BCUT2D eigenvalue weighted by Gasteiger charge is 2.42. The molecule has 0 unspecified atom stereocenters. The number of nitriles is 1. The van der Waals surface area contributed by atoms with E-state index < -0.39 is 29.4 Å². The van der Waals surface area contributed by atoms with Crippen molar-refractivity contribution in [1.82, 2.24) is 14.8 Å². The largest absolute Gasteiger partial charge is 0.483 e. The molecular formula is C31H34F3N6O6+. The topological polar surface area (TPSA) is 151 Å². The Morgan fingerprint density at radius 3 is 2.52 bits per heavy atom. The number of quaternary nitrogens is 1. The van der Waals surface area contributed by atoms with E-state index in [1.54, 1.807) is 25.1 Å². The molecule has 2 N–H and O–H groups in total. The van der Waals surface area contributed by atoms with Crippen molar-refractivity contribution < 1.29 is 41.8 Å². The summed E-state index contributed by atoms with van der Waals surface area (Å²) >= 11 is 0. The standard InChI is InChI=1S/C30H31F3N6O4.CH2O2/c1-18-25(27(40)42-4)26(24-9-8-19(16-34)14-20(24)17-39(2,3)23-10-12-43-13-11-23)38-28(35-36-29(38)41)37(18)22-7-5-6-21(15-22)30(31,32)33;2-1-3/h5-9,14-15,23,26H,10-13,17H2,1-4H3;1H,(H,2,3)/p+1/t26-;/m1./s1. The molecule has 2 aliphatic heterocycles. The average molecular weight is 644 g/mol. The summed E-state index contributed by atoms with van der Waals surface area (Å²) in [6, 6.07) is 11.1. The molecule has 1 fully saturated rings. The van der Waals surface area contributed by atoms with Crippen molar-refractivity contribution in [3.8, 4) is 6.07 Å². The summed E-state index contributed by atoms with van der Waals surface area (Å²) in [5.41, 5.74) is 0.518. The molecule has 2 aliphatic rings. The van der Waals surface area contributed by atoms with Crippen LogP contribution in [0, 0.1) is 11.3 Å². The lowest BCUT2D eigenvalue weighted by Gasteiger charge is -2.41. The van der Waals surface area contributed by atoms with E-state index in [1.807, 2.05) is 0 Å². The molecule has 3 aromatic rings. The number of anilines is 2. The lowest BCUT2D eigenvalue weighted by molar-refractivity contribution is -0.929. The van der Waals surface area contributed by atoms with Crippen molar-refractivity contribution in [2.45, 2.75) is 44.6 Å². The van der Waals surface area contributed by atoms with Crippen LogP contribution in [-0.2, 0) is 31.8 Å². The fourth-order valence-corrected chi connectivity index (χ4v) is 6.11. The lowest BCUT2D eigenvalue weighted by atomic mass is 9.89. The highest BCUT2D eigenvalue weighted by Crippen LogP contribution is 2.44. The van der Waals surface area contributed by atoms with E-state index in [0.29, 0.717) is 35.4 Å². The predicted molar refractivity (Wildman–Crippen MR) is 159 cm³/mol. The first-order valence-electron chi connectivity index (χ1n) is 14.2. The molecule has 2 aromatic carbocycles. The van der Waals surface area contributed by atoms with Gasteiger partial charge in [-0.1, -0.05) is 12.1 Å². The second-order valence-corrected chi connectivity index (χ2v) is 11.4. The maximum atomic E-state index is 13.6. The minimum Gasteiger partial charge on any atom is -0.483 e. The van der Waals surface area contributed by atoms with Gasteiger partial charge in [-0.05, 0) is 42.8 Å². The number of halogens is 3. The first-order valence-corrected chi connectivity index (χ1v) is 14.2. The summed E-state index contributed by atoms with van der Waals surface area (Å²) < 4.78 is 53.5. The second-order valence-electron chi connectivity index (χ2n) is 11.4. The Balaban J connectivity index is 0.00000154. The summed E-state index contributed by atoms with van der Waals surface area (Å²) in [6.45, 7) is 3.09. The number of carbonyl (C=O) groups excluding carboxylic acids is 1. The number of ether oxygens (including phenoxy) is 2. The van der Waals surface area contributed by atoms with Crippen LogP contribution in [0.1, 0.15) is 48.1 Å². The summed E-state index contributed by atoms with van der Waals surface area (Å²) in [5.74, 6) is -0.750. The number of rotatable bonds is 6. The molecule has 0 saturated carbocycles. The number of carboxylic acid groups (broad SMARTS) is 1. The number of alkyl halides is 3. The molecule has 46 heavy (non-hydrogen) atoms. The van der Waals surface area contributed by atoms with Crippen LogP contribution < -0.4 is 10.6 Å². The van der Waals surface area contributed by atoms with Crippen LogP contribution in [0.3, 0.4) is 0 Å². The van der Waals surface area contributed by atoms with Gasteiger partial charge in [-0.2, -0.15) is 18.4 Å². The molecule has 0 amide bonds. The first-order chi connectivity index (χ1) is 21.8. The van der Waals surface area contributed by atoms with Gasteiger partial charge in [0.15, 0.2) is 0 Å². The molecule has 0 bridgehead atoms. The maximum Gasteiger partial charge on any atom is 0.416 e. The maximum absolute atomic E-state index is 13.6. The van der Waals surface area contributed by atoms with Gasteiger partial charge in [-0.25, -0.2) is 19.3 Å². The fourth-order valence-electron chi connectivity index (χ4n) is 6.11. The zero-order chi connectivity index (χ0) is 33.8. The first kappa shape index (κ1) is 33.9. The number of carbonyl (C=O) groups is 2. The van der Waals surface area contributed by atoms with Crippen molar-refractivity contribution in [2.75, 3.05) is 39.3 Å². The van der Waals surface area contributed by atoms with E-state index >= 15 is 0 Å². The van der Waals surface area contributed by atoms with Crippen molar-refractivity contribution in [1.29, 1.82) is 5.26 Å². The second kappa shape index (κ2) is 13.6. The summed E-state index contributed by atoms with van der Waals surface area (Å²) in [5, 5.41) is 23.2. The Hall–Kier alpha value is -4.94. The Morgan fingerprint density at radius 1 is 1.24 bits per heavy atom. The molecular weight excluding hydrogens is 609 g/mol. The van der Waals surface area contributed by atoms with Gasteiger partial charge in [-0.3, -0.25) is 9.69 Å². The number of H-pyrrole nitrogens is 1. The van der Waals surface area contributed by atoms with Gasteiger partial charge < -0.3 is 19.1 Å². The molecule has 3 heterocycles. The van der Waals surface area contributed by atoms with Crippen LogP contribution in [0.5, 0.6) is 0 Å². The van der Waals surface area contributed by atoms with Crippen LogP contribution >= 0.6 is 0 Å². The number of aromatic nitrogens is 3. The van der Waals surface area contributed by atoms with Gasteiger partial charge in [0.25, 0.3) is 6.47 Å². The number of benzene rings is 2. The molecule has 1 saturated heterocycles. The monoisotopic (exact) mass is 643 g/mol. The third kappa shape index (κ3) is 6.68. The highest BCUT2D eigenvalue weighted by molar-refractivity contribution is 5.93. The Bertz CT molecular complexity index is 1730. The summed E-state index contributed by atoms with van der Waals surface area (Å²) in [4.78, 5) is 36.5. The molecule has 1 aromatic heterocycles. The number of nitrogens with zero attached hydrogens (tertiary/aromatic N) is 5. The third-order valence-electron chi connectivity index (χ3n) is 8.30. The van der Waals surface area contributed by atoms with Gasteiger partial charge in [-0.15, -0.1) is 5.10 Å². The quantitative estimate of drug-likeness (QED) is 0.230. The number of methoxy groups -OCH3 is 1. The zero-order valence-electron chi connectivity index (χ0n) is 25.7. The third-order valence-corrected chi connectivity index (χ3v) is 8.30. The van der Waals surface area contributed by atoms with Gasteiger partial charge in [0.1, 0.15) is 12.6 Å². The molecule has 15 heteroatoms. The minimum atomic E-state index is -4.62. The van der Waals surface area contributed by atoms with Crippen LogP contribution in [-0.4, -0.2) is 77.3 Å². The van der Waals surface area contributed by atoms with Crippen molar-refractivity contribution in [2.24, 2.45) is 0 Å². The highest BCUT2D eigenvalue weighted by atomic mass is 19.4. The fraction of sp³-hybridized carbons (Fsp3) is 0.387. The molecule has 244 valence electrons. The van der Waals surface area contributed by atoms with Crippen LogP contribution in [0.15, 0.2) is 58.5 Å². The minimum absolute atomic E-state index is 0.00738. The number of allylic oxidation sites excluding steroid dienone is 1. The molecule has 12 nitrogen and oxygen atoms in total. The zero-order valence-corrected chi connectivity index (χ0v) is 25.7. The van der Waals surface area contributed by atoms with E-state index in [0.717, 1.165) is 30.5 Å². The Kier molecular flexibility index (Phi) is 10.0. The smallest absolute Gasteiger partial charge is 0.416 e. The van der Waals surface area contributed by atoms with E-state index in [9.17, 15) is 28.0 Å². The van der Waals surface area contributed by atoms with Crippen LogP contribution in [0.2, 0.25) is 0 Å². The number of hydrogen-bond donors (Lipinski definition) is 2. The molecule has 0 spiro atoms. The molecule has 5 rings (SSSR count). The number of fused-ring (bicyclic) bond motifs is 1. The van der Waals surface area contributed by atoms with E-state index in [1.165, 1.54) is 28.7 Å². The van der Waals surface area contributed by atoms with Crippen LogP contribution in [0.25, 0.3) is 0 Å². The number of hydrogen-bond acceptors (Lipinski definition) is 8. The van der Waals surface area contributed by atoms with Crippen LogP contribution in [0.4, 0.5) is 24.8 Å². The van der Waals surface area contributed by atoms with Crippen molar-refractivity contribution in [3.05, 3.63) is 86.5 Å². The van der Waals surface area contributed by atoms with Gasteiger partial charge in [0.2, 0.25) is 5.95 Å². The number of esters is 1. The van der Waals surface area contributed by atoms with Gasteiger partial charge >= 0.3 is 17.8 Å². The van der Waals surface area contributed by atoms with Crippen molar-refractivity contribution in [3.63, 3.8) is 0 Å².